The Labute approximate surface area is 168 Å². The molecule has 154 valence electrons. The summed E-state index contributed by atoms with van der Waals surface area (Å²) in [7, 11) is 1.60. The maximum Gasteiger partial charge on any atom is 0.253 e. The van der Waals surface area contributed by atoms with Crippen molar-refractivity contribution in [2.24, 2.45) is 0 Å². The molecule has 3 rings (SSSR count). The first-order valence-electron chi connectivity index (χ1n) is 9.37. The quantitative estimate of drug-likeness (QED) is 0.749. The summed E-state index contributed by atoms with van der Waals surface area (Å²) in [5, 5.41) is 13.6. The summed E-state index contributed by atoms with van der Waals surface area (Å²) in [5.41, 5.74) is 0.275. The maximum absolute atomic E-state index is 13.7. The SMILES string of the molecule is COCCn1cc(C(=O)NCC2(O)CCCC(F)(F)C2)c2c1CC=CC=C2Cl. The van der Waals surface area contributed by atoms with Gasteiger partial charge in [0.1, 0.15) is 0 Å². The number of fused-ring (bicyclic) bond motifs is 1. The molecule has 0 aliphatic heterocycles. The zero-order chi connectivity index (χ0) is 20.4. The summed E-state index contributed by atoms with van der Waals surface area (Å²) in [6.45, 7) is 0.807. The Bertz CT molecular complexity index is 804. The van der Waals surface area contributed by atoms with E-state index in [-0.39, 0.29) is 25.8 Å². The molecule has 28 heavy (non-hydrogen) atoms. The molecule has 1 fully saturated rings. The Kier molecular flexibility index (Phi) is 6.27. The van der Waals surface area contributed by atoms with Gasteiger partial charge in [-0.05, 0) is 18.9 Å². The molecule has 1 amide bonds. The van der Waals surface area contributed by atoms with Crippen molar-refractivity contribution in [3.05, 3.63) is 41.2 Å². The van der Waals surface area contributed by atoms with E-state index in [1.807, 2.05) is 16.7 Å². The Balaban J connectivity index is 1.81. The molecule has 2 aliphatic carbocycles. The number of carbonyl (C=O) groups excluding carboxylic acids is 1. The molecular formula is C20H25ClF2N2O3. The molecule has 1 unspecified atom stereocenters. The predicted molar refractivity (Wildman–Crippen MR) is 104 cm³/mol. The lowest BCUT2D eigenvalue weighted by Crippen LogP contribution is -2.49. The minimum atomic E-state index is -2.91. The Morgan fingerprint density at radius 1 is 1.43 bits per heavy atom. The first-order chi connectivity index (χ1) is 13.2. The standard InChI is InChI=1S/C20H25ClF2N2O3/c1-28-10-9-25-11-14(17-15(21)5-2-3-6-16(17)25)18(26)24-13-19(27)7-4-8-20(22,23)12-19/h2-3,5,11,27H,4,6-10,12-13H2,1H3,(H,24,26). The second kappa shape index (κ2) is 8.35. The number of alkyl halides is 2. The number of hydrogen-bond donors (Lipinski definition) is 2. The number of aromatic nitrogens is 1. The fraction of sp³-hybridized carbons (Fsp3) is 0.550. The van der Waals surface area contributed by atoms with Gasteiger partial charge in [-0.3, -0.25) is 4.79 Å². The lowest BCUT2D eigenvalue weighted by atomic mass is 9.82. The Morgan fingerprint density at radius 3 is 2.93 bits per heavy atom. The Morgan fingerprint density at radius 2 is 2.21 bits per heavy atom. The van der Waals surface area contributed by atoms with Crippen LogP contribution in [0.5, 0.6) is 0 Å². The minimum absolute atomic E-state index is 0.223. The van der Waals surface area contributed by atoms with Crippen LogP contribution in [0.25, 0.3) is 5.03 Å². The lowest BCUT2D eigenvalue weighted by Gasteiger charge is -2.36. The van der Waals surface area contributed by atoms with Crippen molar-refractivity contribution in [3.63, 3.8) is 0 Å². The molecule has 0 aromatic carbocycles. The number of nitrogens with zero attached hydrogens (tertiary/aromatic N) is 1. The number of methoxy groups -OCH3 is 1. The van der Waals surface area contributed by atoms with Crippen LogP contribution in [0.2, 0.25) is 0 Å². The van der Waals surface area contributed by atoms with Gasteiger partial charge in [-0.25, -0.2) is 8.78 Å². The molecule has 1 saturated carbocycles. The van der Waals surface area contributed by atoms with E-state index < -0.39 is 23.9 Å². The second-order valence-electron chi connectivity index (χ2n) is 7.49. The fourth-order valence-corrected chi connectivity index (χ4v) is 4.17. The van der Waals surface area contributed by atoms with Crippen molar-refractivity contribution in [2.75, 3.05) is 20.3 Å². The van der Waals surface area contributed by atoms with Crippen LogP contribution in [0.1, 0.15) is 47.3 Å². The summed E-state index contributed by atoms with van der Waals surface area (Å²) in [6.07, 6.45) is 7.40. The van der Waals surface area contributed by atoms with Crippen molar-refractivity contribution in [1.29, 1.82) is 0 Å². The first-order valence-corrected chi connectivity index (χ1v) is 9.74. The number of rotatable bonds is 6. The van der Waals surface area contributed by atoms with Crippen LogP contribution in [-0.2, 0) is 17.7 Å². The zero-order valence-electron chi connectivity index (χ0n) is 15.8. The zero-order valence-corrected chi connectivity index (χ0v) is 16.6. The van der Waals surface area contributed by atoms with Gasteiger partial charge in [0.2, 0.25) is 0 Å². The van der Waals surface area contributed by atoms with Gasteiger partial charge in [0.15, 0.2) is 0 Å². The maximum atomic E-state index is 13.7. The van der Waals surface area contributed by atoms with E-state index in [2.05, 4.69) is 5.32 Å². The molecule has 0 bridgehead atoms. The topological polar surface area (TPSA) is 63.5 Å². The van der Waals surface area contributed by atoms with E-state index in [4.69, 9.17) is 16.3 Å². The van der Waals surface area contributed by atoms with E-state index in [1.165, 1.54) is 0 Å². The molecule has 0 spiro atoms. The highest BCUT2D eigenvalue weighted by Crippen LogP contribution is 2.39. The smallest absolute Gasteiger partial charge is 0.253 e. The highest BCUT2D eigenvalue weighted by atomic mass is 35.5. The average molecular weight is 415 g/mol. The van der Waals surface area contributed by atoms with E-state index in [9.17, 15) is 18.7 Å². The van der Waals surface area contributed by atoms with Crippen LogP contribution in [0.3, 0.4) is 0 Å². The largest absolute Gasteiger partial charge is 0.388 e. The molecule has 1 aromatic heterocycles. The van der Waals surface area contributed by atoms with Crippen LogP contribution in [0.4, 0.5) is 8.78 Å². The molecule has 8 heteroatoms. The van der Waals surface area contributed by atoms with E-state index in [0.29, 0.717) is 35.7 Å². The summed E-state index contributed by atoms with van der Waals surface area (Å²) in [5.74, 6) is -3.35. The van der Waals surface area contributed by atoms with E-state index in [1.54, 1.807) is 19.4 Å². The molecular weight excluding hydrogens is 390 g/mol. The number of allylic oxidation sites excluding steroid dienone is 3. The predicted octanol–water partition coefficient (Wildman–Crippen LogP) is 3.50. The lowest BCUT2D eigenvalue weighted by molar-refractivity contribution is -0.121. The van der Waals surface area contributed by atoms with Gasteiger partial charge in [-0.1, -0.05) is 23.8 Å². The molecule has 1 atom stereocenters. The third-order valence-corrected chi connectivity index (χ3v) is 5.56. The van der Waals surface area contributed by atoms with Gasteiger partial charge < -0.3 is 19.7 Å². The summed E-state index contributed by atoms with van der Waals surface area (Å²) in [4.78, 5) is 12.8. The highest BCUT2D eigenvalue weighted by Gasteiger charge is 2.44. The molecule has 2 N–H and O–H groups in total. The van der Waals surface area contributed by atoms with Crippen LogP contribution < -0.4 is 5.32 Å². The van der Waals surface area contributed by atoms with Crippen molar-refractivity contribution >= 4 is 22.5 Å². The average Bonchev–Trinajstić information content (AvgIpc) is 2.88. The number of halogens is 3. The summed E-state index contributed by atoms with van der Waals surface area (Å²) in [6, 6.07) is 0. The third kappa shape index (κ3) is 4.64. The number of nitrogens with one attached hydrogen (secondary N) is 1. The number of hydrogen-bond acceptors (Lipinski definition) is 3. The highest BCUT2D eigenvalue weighted by molar-refractivity contribution is 6.49. The molecule has 5 nitrogen and oxygen atoms in total. The summed E-state index contributed by atoms with van der Waals surface area (Å²) >= 11 is 6.40. The number of carbonyl (C=O) groups is 1. The minimum Gasteiger partial charge on any atom is -0.388 e. The molecule has 1 heterocycles. The monoisotopic (exact) mass is 414 g/mol. The van der Waals surface area contributed by atoms with Gasteiger partial charge in [0, 0.05) is 56.9 Å². The first kappa shape index (κ1) is 21.0. The normalized spacial score (nSPS) is 23.7. The van der Waals surface area contributed by atoms with Gasteiger partial charge >= 0.3 is 0 Å². The third-order valence-electron chi connectivity index (χ3n) is 5.25. The molecule has 2 aliphatic rings. The van der Waals surface area contributed by atoms with Gasteiger partial charge in [-0.2, -0.15) is 0 Å². The van der Waals surface area contributed by atoms with Gasteiger partial charge in [-0.15, -0.1) is 0 Å². The number of ether oxygens (including phenoxy) is 1. The van der Waals surface area contributed by atoms with E-state index >= 15 is 0 Å². The number of aliphatic hydroxyl groups is 1. The van der Waals surface area contributed by atoms with Crippen molar-refractivity contribution < 1.29 is 23.4 Å². The van der Waals surface area contributed by atoms with Crippen molar-refractivity contribution in [2.45, 2.75) is 50.2 Å². The molecule has 1 aromatic rings. The molecule has 0 saturated heterocycles. The van der Waals surface area contributed by atoms with Crippen LogP contribution in [0, 0.1) is 0 Å². The second-order valence-corrected chi connectivity index (χ2v) is 7.90. The summed E-state index contributed by atoms with van der Waals surface area (Å²) < 4.78 is 34.4. The van der Waals surface area contributed by atoms with Crippen LogP contribution in [0.15, 0.2) is 24.4 Å². The Hall–Kier alpha value is -1.70. The fourth-order valence-electron chi connectivity index (χ4n) is 3.89. The van der Waals surface area contributed by atoms with Crippen LogP contribution in [-0.4, -0.2) is 47.4 Å². The number of amides is 1. The molecule has 0 radical (unpaired) electrons. The van der Waals surface area contributed by atoms with Gasteiger partial charge in [0.25, 0.3) is 11.8 Å². The van der Waals surface area contributed by atoms with Crippen molar-refractivity contribution in [3.8, 4) is 0 Å². The van der Waals surface area contributed by atoms with Crippen LogP contribution >= 0.6 is 11.6 Å². The van der Waals surface area contributed by atoms with Gasteiger partial charge in [0.05, 0.1) is 22.8 Å². The van der Waals surface area contributed by atoms with E-state index in [0.717, 1.165) is 5.69 Å². The van der Waals surface area contributed by atoms with Crippen molar-refractivity contribution in [1.82, 2.24) is 9.88 Å².